The summed E-state index contributed by atoms with van der Waals surface area (Å²) in [6.07, 6.45) is 1.02. The number of nitrogens with zero attached hydrogens (tertiary/aromatic N) is 1. The number of amides is 1. The van der Waals surface area contributed by atoms with Crippen molar-refractivity contribution in [2.75, 3.05) is 18.4 Å². The van der Waals surface area contributed by atoms with Crippen molar-refractivity contribution in [3.05, 3.63) is 59.2 Å². The van der Waals surface area contributed by atoms with Crippen molar-refractivity contribution >= 4 is 21.6 Å². The zero-order valence-corrected chi connectivity index (χ0v) is 16.3. The standard InChI is InChI=1S/C20H23N3O3S/c1-14-7-8-16(13-15(14)2)27(25,26)23-11-9-20(10-12-23)21-18-6-4-3-5-17(18)19(24)22-20/h3-8,13,21H,9-12H2,1-2H3,(H,22,24). The number of fused-ring (bicyclic) bond motifs is 1. The highest BCUT2D eigenvalue weighted by atomic mass is 32.2. The first-order valence-electron chi connectivity index (χ1n) is 9.08. The zero-order valence-electron chi connectivity index (χ0n) is 15.5. The smallest absolute Gasteiger partial charge is 0.255 e. The first-order chi connectivity index (χ1) is 12.8. The number of piperidine rings is 1. The Morgan fingerprint density at radius 2 is 1.67 bits per heavy atom. The molecule has 0 atom stereocenters. The summed E-state index contributed by atoms with van der Waals surface area (Å²) in [4.78, 5) is 12.8. The lowest BCUT2D eigenvalue weighted by Crippen LogP contribution is -2.62. The second-order valence-electron chi connectivity index (χ2n) is 7.36. The molecule has 1 saturated heterocycles. The normalized spacial score (nSPS) is 19.3. The van der Waals surface area contributed by atoms with Crippen molar-refractivity contribution in [3.8, 4) is 0 Å². The summed E-state index contributed by atoms with van der Waals surface area (Å²) in [5.41, 5.74) is 2.85. The molecule has 1 spiro atoms. The Labute approximate surface area is 159 Å². The van der Waals surface area contributed by atoms with Gasteiger partial charge in [-0.15, -0.1) is 0 Å². The van der Waals surface area contributed by atoms with Gasteiger partial charge in [-0.25, -0.2) is 8.42 Å². The summed E-state index contributed by atoms with van der Waals surface area (Å²) >= 11 is 0. The highest BCUT2D eigenvalue weighted by molar-refractivity contribution is 7.89. The van der Waals surface area contributed by atoms with E-state index in [1.165, 1.54) is 4.31 Å². The molecule has 0 unspecified atom stereocenters. The van der Waals surface area contributed by atoms with Crippen LogP contribution in [0.4, 0.5) is 5.69 Å². The molecule has 4 rings (SSSR count). The predicted molar refractivity (Wildman–Crippen MR) is 104 cm³/mol. The van der Waals surface area contributed by atoms with Crippen molar-refractivity contribution in [2.24, 2.45) is 0 Å². The van der Waals surface area contributed by atoms with Crippen LogP contribution in [0.3, 0.4) is 0 Å². The lowest BCUT2D eigenvalue weighted by Gasteiger charge is -2.45. The fourth-order valence-corrected chi connectivity index (χ4v) is 5.27. The molecular weight excluding hydrogens is 362 g/mol. The number of hydrogen-bond acceptors (Lipinski definition) is 4. The van der Waals surface area contributed by atoms with E-state index in [-0.39, 0.29) is 5.91 Å². The van der Waals surface area contributed by atoms with Gasteiger partial charge in [0.1, 0.15) is 5.66 Å². The van der Waals surface area contributed by atoms with E-state index >= 15 is 0 Å². The third-order valence-electron chi connectivity index (χ3n) is 5.59. The summed E-state index contributed by atoms with van der Waals surface area (Å²) in [6.45, 7) is 4.58. The van der Waals surface area contributed by atoms with Crippen molar-refractivity contribution < 1.29 is 13.2 Å². The lowest BCUT2D eigenvalue weighted by molar-refractivity contribution is 0.0865. The van der Waals surface area contributed by atoms with Gasteiger partial charge in [0.05, 0.1) is 10.5 Å². The van der Waals surface area contributed by atoms with E-state index < -0.39 is 15.7 Å². The summed E-state index contributed by atoms with van der Waals surface area (Å²) in [7, 11) is -3.54. The maximum atomic E-state index is 13.0. The van der Waals surface area contributed by atoms with Crippen molar-refractivity contribution in [1.29, 1.82) is 0 Å². The average molecular weight is 385 g/mol. The molecule has 1 amide bonds. The van der Waals surface area contributed by atoms with E-state index in [2.05, 4.69) is 10.6 Å². The third kappa shape index (κ3) is 3.11. The van der Waals surface area contributed by atoms with Crippen LogP contribution in [0, 0.1) is 13.8 Å². The first-order valence-corrected chi connectivity index (χ1v) is 10.5. The molecule has 0 aliphatic carbocycles. The van der Waals surface area contributed by atoms with E-state index in [0.717, 1.165) is 16.8 Å². The second kappa shape index (κ2) is 6.35. The minimum Gasteiger partial charge on any atom is -0.362 e. The van der Waals surface area contributed by atoms with Crippen LogP contribution in [0.2, 0.25) is 0 Å². The Balaban J connectivity index is 1.54. The third-order valence-corrected chi connectivity index (χ3v) is 7.49. The number of sulfonamides is 1. The van der Waals surface area contributed by atoms with Crippen LogP contribution < -0.4 is 10.6 Å². The monoisotopic (exact) mass is 385 g/mol. The first kappa shape index (κ1) is 18.0. The van der Waals surface area contributed by atoms with Gasteiger partial charge < -0.3 is 10.6 Å². The van der Waals surface area contributed by atoms with Crippen LogP contribution in [0.1, 0.15) is 34.3 Å². The van der Waals surface area contributed by atoms with Crippen LogP contribution in [0.25, 0.3) is 0 Å². The summed E-state index contributed by atoms with van der Waals surface area (Å²) in [5, 5.41) is 6.46. The molecule has 142 valence electrons. The van der Waals surface area contributed by atoms with Gasteiger partial charge in [0.15, 0.2) is 0 Å². The molecule has 0 radical (unpaired) electrons. The Morgan fingerprint density at radius 3 is 2.37 bits per heavy atom. The minimum absolute atomic E-state index is 0.116. The average Bonchev–Trinajstić information content (AvgIpc) is 2.64. The van der Waals surface area contributed by atoms with E-state index in [1.54, 1.807) is 18.2 Å². The molecule has 1 fully saturated rings. The highest BCUT2D eigenvalue weighted by Crippen LogP contribution is 2.33. The fraction of sp³-hybridized carbons (Fsp3) is 0.350. The number of aryl methyl sites for hydroxylation is 2. The van der Waals surface area contributed by atoms with Crippen LogP contribution in [-0.2, 0) is 10.0 Å². The fourth-order valence-electron chi connectivity index (χ4n) is 3.75. The minimum atomic E-state index is -3.54. The Bertz CT molecular complexity index is 1010. The maximum Gasteiger partial charge on any atom is 0.255 e. The second-order valence-corrected chi connectivity index (χ2v) is 9.29. The summed E-state index contributed by atoms with van der Waals surface area (Å²) in [6, 6.07) is 12.6. The highest BCUT2D eigenvalue weighted by Gasteiger charge is 2.42. The van der Waals surface area contributed by atoms with Gasteiger partial charge in [-0.05, 0) is 49.2 Å². The quantitative estimate of drug-likeness (QED) is 0.833. The van der Waals surface area contributed by atoms with Gasteiger partial charge in [-0.3, -0.25) is 4.79 Å². The molecule has 2 aromatic rings. The Morgan fingerprint density at radius 1 is 0.963 bits per heavy atom. The van der Waals surface area contributed by atoms with Crippen LogP contribution in [-0.4, -0.2) is 37.4 Å². The van der Waals surface area contributed by atoms with Crippen molar-refractivity contribution in [3.63, 3.8) is 0 Å². The van der Waals surface area contributed by atoms with Crippen molar-refractivity contribution in [2.45, 2.75) is 37.2 Å². The Kier molecular flexibility index (Phi) is 4.24. The number of benzene rings is 2. The van der Waals surface area contributed by atoms with E-state index in [9.17, 15) is 13.2 Å². The van der Waals surface area contributed by atoms with E-state index in [1.807, 2.05) is 38.1 Å². The van der Waals surface area contributed by atoms with E-state index in [4.69, 9.17) is 0 Å². The molecular formula is C20H23N3O3S. The number of para-hydroxylation sites is 1. The predicted octanol–water partition coefficient (Wildman–Crippen LogP) is 2.64. The molecule has 2 aliphatic heterocycles. The van der Waals surface area contributed by atoms with Gasteiger partial charge in [0, 0.05) is 31.6 Å². The van der Waals surface area contributed by atoms with E-state index in [0.29, 0.717) is 36.4 Å². The SMILES string of the molecule is Cc1ccc(S(=O)(=O)N2CCC3(CC2)NC(=O)c2ccccc2N3)cc1C. The van der Waals surface area contributed by atoms with Crippen LogP contribution in [0.15, 0.2) is 47.4 Å². The van der Waals surface area contributed by atoms with Crippen LogP contribution >= 0.6 is 0 Å². The molecule has 2 aliphatic rings. The number of carbonyl (C=O) groups is 1. The maximum absolute atomic E-state index is 13.0. The van der Waals surface area contributed by atoms with Gasteiger partial charge in [-0.2, -0.15) is 4.31 Å². The largest absolute Gasteiger partial charge is 0.362 e. The van der Waals surface area contributed by atoms with Gasteiger partial charge >= 0.3 is 0 Å². The van der Waals surface area contributed by atoms with Crippen LogP contribution in [0.5, 0.6) is 0 Å². The number of carbonyl (C=O) groups excluding carboxylic acids is 1. The zero-order chi connectivity index (χ0) is 19.2. The summed E-state index contributed by atoms with van der Waals surface area (Å²) < 4.78 is 27.5. The molecule has 7 heteroatoms. The number of anilines is 1. The number of nitrogens with one attached hydrogen (secondary N) is 2. The molecule has 2 aromatic carbocycles. The molecule has 6 nitrogen and oxygen atoms in total. The number of rotatable bonds is 2. The van der Waals surface area contributed by atoms with Gasteiger partial charge in [0.25, 0.3) is 5.91 Å². The molecule has 0 bridgehead atoms. The molecule has 27 heavy (non-hydrogen) atoms. The topological polar surface area (TPSA) is 78.5 Å². The molecule has 2 N–H and O–H groups in total. The molecule has 0 aromatic heterocycles. The molecule has 0 saturated carbocycles. The lowest BCUT2D eigenvalue weighted by atomic mass is 9.93. The molecule has 2 heterocycles. The Hall–Kier alpha value is -2.38. The number of hydrogen-bond donors (Lipinski definition) is 2. The summed E-state index contributed by atoms with van der Waals surface area (Å²) in [5.74, 6) is -0.116. The van der Waals surface area contributed by atoms with Gasteiger partial charge in [0.2, 0.25) is 10.0 Å². The van der Waals surface area contributed by atoms with Crippen molar-refractivity contribution in [1.82, 2.24) is 9.62 Å². The van der Waals surface area contributed by atoms with Gasteiger partial charge in [-0.1, -0.05) is 18.2 Å².